The van der Waals surface area contributed by atoms with Gasteiger partial charge in [0.2, 0.25) is 5.91 Å². The standard InChI is InChI=1S/C27H33N3O5/c1-18-7-9-19(10-8-18)21-16-22(23-6-5-15-34-23)30(28-21)24(31)17-35-25(32)20-11-13-29(14-12-20)26(33)27(2,3)4/h5-10,15,20,22H,11-14,16-17H2,1-4H3. The van der Waals surface area contributed by atoms with Crippen LogP contribution in [0.15, 0.2) is 52.2 Å². The zero-order chi connectivity index (χ0) is 25.2. The van der Waals surface area contributed by atoms with Crippen LogP contribution in [0.4, 0.5) is 0 Å². The van der Waals surface area contributed by atoms with Crippen LogP contribution < -0.4 is 0 Å². The minimum Gasteiger partial charge on any atom is -0.467 e. The van der Waals surface area contributed by atoms with Crippen molar-refractivity contribution in [3.8, 4) is 0 Å². The molecular weight excluding hydrogens is 446 g/mol. The fourth-order valence-corrected chi connectivity index (χ4v) is 4.47. The maximum absolute atomic E-state index is 13.1. The first-order valence-electron chi connectivity index (χ1n) is 12.1. The summed E-state index contributed by atoms with van der Waals surface area (Å²) in [7, 11) is 0. The lowest BCUT2D eigenvalue weighted by Crippen LogP contribution is -2.45. The van der Waals surface area contributed by atoms with Gasteiger partial charge in [-0.3, -0.25) is 14.4 Å². The van der Waals surface area contributed by atoms with Crippen molar-refractivity contribution in [1.29, 1.82) is 0 Å². The summed E-state index contributed by atoms with van der Waals surface area (Å²) >= 11 is 0. The number of likely N-dealkylation sites (tertiary alicyclic amines) is 1. The minimum absolute atomic E-state index is 0.0831. The van der Waals surface area contributed by atoms with Crippen LogP contribution in [0.5, 0.6) is 0 Å². The molecule has 1 fully saturated rings. The Labute approximate surface area is 205 Å². The average molecular weight is 480 g/mol. The summed E-state index contributed by atoms with van der Waals surface area (Å²) in [6.45, 7) is 8.33. The molecule has 0 saturated carbocycles. The Morgan fingerprint density at radius 3 is 2.37 bits per heavy atom. The van der Waals surface area contributed by atoms with Crippen molar-refractivity contribution in [3.05, 3.63) is 59.5 Å². The number of rotatable bonds is 5. The van der Waals surface area contributed by atoms with Gasteiger partial charge in [0.15, 0.2) is 6.61 Å². The van der Waals surface area contributed by atoms with Gasteiger partial charge in [0.05, 0.1) is 17.9 Å². The number of nitrogens with zero attached hydrogens (tertiary/aromatic N) is 3. The molecule has 0 aliphatic carbocycles. The van der Waals surface area contributed by atoms with Gasteiger partial charge in [0.1, 0.15) is 11.8 Å². The third-order valence-corrected chi connectivity index (χ3v) is 6.52. The van der Waals surface area contributed by atoms with Crippen LogP contribution >= 0.6 is 0 Å². The van der Waals surface area contributed by atoms with Crippen molar-refractivity contribution < 1.29 is 23.5 Å². The number of furan rings is 1. The van der Waals surface area contributed by atoms with E-state index >= 15 is 0 Å². The van der Waals surface area contributed by atoms with E-state index in [-0.39, 0.29) is 24.5 Å². The number of hydrazone groups is 1. The molecule has 8 nitrogen and oxygen atoms in total. The Morgan fingerprint density at radius 1 is 1.09 bits per heavy atom. The van der Waals surface area contributed by atoms with E-state index in [9.17, 15) is 14.4 Å². The number of aryl methyl sites for hydroxylation is 1. The molecule has 0 spiro atoms. The van der Waals surface area contributed by atoms with E-state index in [1.807, 2.05) is 58.0 Å². The quantitative estimate of drug-likeness (QED) is 0.602. The summed E-state index contributed by atoms with van der Waals surface area (Å²) < 4.78 is 11.0. The van der Waals surface area contributed by atoms with E-state index in [0.717, 1.165) is 16.8 Å². The van der Waals surface area contributed by atoms with Crippen molar-refractivity contribution in [3.63, 3.8) is 0 Å². The molecule has 35 heavy (non-hydrogen) atoms. The molecule has 4 rings (SSSR count). The highest BCUT2D eigenvalue weighted by Crippen LogP contribution is 2.33. The zero-order valence-electron chi connectivity index (χ0n) is 20.8. The summed E-state index contributed by atoms with van der Waals surface area (Å²) in [4.78, 5) is 40.0. The fraction of sp³-hybridized carbons (Fsp3) is 0.481. The molecule has 2 aliphatic heterocycles. The third kappa shape index (κ3) is 5.63. The van der Waals surface area contributed by atoms with Crippen LogP contribution in [0.2, 0.25) is 0 Å². The number of esters is 1. The second-order valence-corrected chi connectivity index (χ2v) is 10.3. The van der Waals surface area contributed by atoms with Crippen LogP contribution in [0, 0.1) is 18.3 Å². The number of benzene rings is 1. The molecule has 8 heteroatoms. The van der Waals surface area contributed by atoms with Crippen molar-refractivity contribution in [1.82, 2.24) is 9.91 Å². The van der Waals surface area contributed by atoms with Gasteiger partial charge in [-0.05, 0) is 37.5 Å². The number of carbonyl (C=O) groups excluding carboxylic acids is 3. The molecule has 0 bridgehead atoms. The van der Waals surface area contributed by atoms with Crippen LogP contribution in [-0.2, 0) is 19.1 Å². The number of ether oxygens (including phenoxy) is 1. The fourth-order valence-electron chi connectivity index (χ4n) is 4.47. The Kier molecular flexibility index (Phi) is 7.10. The van der Waals surface area contributed by atoms with E-state index < -0.39 is 17.3 Å². The lowest BCUT2D eigenvalue weighted by molar-refractivity contribution is -0.158. The van der Waals surface area contributed by atoms with Crippen LogP contribution in [0.3, 0.4) is 0 Å². The van der Waals surface area contributed by atoms with Gasteiger partial charge in [-0.25, -0.2) is 5.01 Å². The molecule has 2 amide bonds. The molecule has 1 aromatic heterocycles. The van der Waals surface area contributed by atoms with Crippen molar-refractivity contribution in [2.75, 3.05) is 19.7 Å². The van der Waals surface area contributed by atoms with E-state index in [0.29, 0.717) is 38.1 Å². The molecule has 1 atom stereocenters. The third-order valence-electron chi connectivity index (χ3n) is 6.52. The summed E-state index contributed by atoms with van der Waals surface area (Å²) in [6, 6.07) is 11.2. The molecule has 0 N–H and O–H groups in total. The smallest absolute Gasteiger partial charge is 0.309 e. The van der Waals surface area contributed by atoms with Gasteiger partial charge in [-0.15, -0.1) is 0 Å². The molecular formula is C27H33N3O5. The average Bonchev–Trinajstić information content (AvgIpc) is 3.52. The molecule has 1 saturated heterocycles. The Morgan fingerprint density at radius 2 is 1.77 bits per heavy atom. The Hall–Kier alpha value is -3.42. The van der Waals surface area contributed by atoms with Gasteiger partial charge in [0.25, 0.3) is 5.91 Å². The van der Waals surface area contributed by atoms with Crippen molar-refractivity contribution in [2.45, 2.75) is 53.0 Å². The number of hydrogen-bond donors (Lipinski definition) is 0. The van der Waals surface area contributed by atoms with Crippen LogP contribution in [0.25, 0.3) is 0 Å². The van der Waals surface area contributed by atoms with Gasteiger partial charge in [0, 0.05) is 24.9 Å². The minimum atomic E-state index is -0.446. The second-order valence-electron chi connectivity index (χ2n) is 10.3. The normalized spacial score (nSPS) is 19.0. The molecule has 3 heterocycles. The molecule has 186 valence electrons. The van der Waals surface area contributed by atoms with Crippen LogP contribution in [-0.4, -0.2) is 53.1 Å². The number of amides is 2. The van der Waals surface area contributed by atoms with E-state index in [1.165, 1.54) is 5.01 Å². The summed E-state index contributed by atoms with van der Waals surface area (Å²) in [5.74, 6) is -0.413. The predicted molar refractivity (Wildman–Crippen MR) is 130 cm³/mol. The highest BCUT2D eigenvalue weighted by molar-refractivity contribution is 6.03. The first-order chi connectivity index (χ1) is 16.6. The SMILES string of the molecule is Cc1ccc(C2=NN(C(=O)COC(=O)C3CCN(C(=O)C(C)(C)C)CC3)C(c3ccco3)C2)cc1. The Bertz CT molecular complexity index is 1090. The van der Waals surface area contributed by atoms with Gasteiger partial charge >= 0.3 is 5.97 Å². The molecule has 1 unspecified atom stereocenters. The molecule has 1 aromatic carbocycles. The lowest BCUT2D eigenvalue weighted by atomic mass is 9.91. The number of piperidine rings is 1. The van der Waals surface area contributed by atoms with Gasteiger partial charge in [-0.1, -0.05) is 50.6 Å². The largest absolute Gasteiger partial charge is 0.467 e. The van der Waals surface area contributed by atoms with Gasteiger partial charge in [-0.2, -0.15) is 5.10 Å². The van der Waals surface area contributed by atoms with E-state index in [1.54, 1.807) is 17.2 Å². The van der Waals surface area contributed by atoms with Gasteiger partial charge < -0.3 is 14.1 Å². The topological polar surface area (TPSA) is 92.4 Å². The summed E-state index contributed by atoms with van der Waals surface area (Å²) in [5.41, 5.74) is 2.42. The van der Waals surface area contributed by atoms with E-state index in [2.05, 4.69) is 5.10 Å². The molecule has 2 aromatic rings. The summed E-state index contributed by atoms with van der Waals surface area (Å²) in [5, 5.41) is 5.94. The maximum Gasteiger partial charge on any atom is 0.309 e. The van der Waals surface area contributed by atoms with Crippen LogP contribution in [0.1, 0.15) is 63.0 Å². The first-order valence-corrected chi connectivity index (χ1v) is 12.1. The van der Waals surface area contributed by atoms with Crippen molar-refractivity contribution >= 4 is 23.5 Å². The number of hydrogen-bond acceptors (Lipinski definition) is 6. The summed E-state index contributed by atoms with van der Waals surface area (Å²) in [6.07, 6.45) is 3.14. The van der Waals surface area contributed by atoms with E-state index in [4.69, 9.17) is 9.15 Å². The first kappa shape index (κ1) is 24.7. The van der Waals surface area contributed by atoms with Crippen molar-refractivity contribution in [2.24, 2.45) is 16.4 Å². The highest BCUT2D eigenvalue weighted by Gasteiger charge is 2.36. The Balaban J connectivity index is 1.37. The highest BCUT2D eigenvalue weighted by atomic mass is 16.5. The molecule has 2 aliphatic rings. The second kappa shape index (κ2) is 10.1. The monoisotopic (exact) mass is 479 g/mol. The number of carbonyl (C=O) groups is 3. The zero-order valence-corrected chi connectivity index (χ0v) is 20.8. The predicted octanol–water partition coefficient (Wildman–Crippen LogP) is 4.09. The molecule has 0 radical (unpaired) electrons. The lowest BCUT2D eigenvalue weighted by Gasteiger charge is -2.35. The maximum atomic E-state index is 13.1.